The monoisotopic (exact) mass is 357 g/mol. The van der Waals surface area contributed by atoms with E-state index in [1.807, 2.05) is 31.2 Å². The van der Waals surface area contributed by atoms with E-state index in [2.05, 4.69) is 5.32 Å². The summed E-state index contributed by atoms with van der Waals surface area (Å²) in [7, 11) is 3.11. The molecule has 0 saturated carbocycles. The van der Waals surface area contributed by atoms with Crippen LogP contribution in [-0.4, -0.2) is 32.5 Å². The van der Waals surface area contributed by atoms with E-state index in [9.17, 15) is 9.59 Å². The first kappa shape index (κ1) is 19.3. The first-order valence-electron chi connectivity index (χ1n) is 8.20. The van der Waals surface area contributed by atoms with Gasteiger partial charge in [-0.2, -0.15) is 0 Å². The highest BCUT2D eigenvalue weighted by atomic mass is 16.5. The molecule has 0 aromatic heterocycles. The van der Waals surface area contributed by atoms with Crippen LogP contribution in [0.5, 0.6) is 17.2 Å². The summed E-state index contributed by atoms with van der Waals surface area (Å²) >= 11 is 0. The molecule has 138 valence electrons. The van der Waals surface area contributed by atoms with Crippen LogP contribution in [0.3, 0.4) is 0 Å². The predicted octanol–water partition coefficient (Wildman–Crippen LogP) is 3.16. The van der Waals surface area contributed by atoms with E-state index in [1.54, 1.807) is 25.3 Å². The lowest BCUT2D eigenvalue weighted by Crippen LogP contribution is -2.31. The van der Waals surface area contributed by atoms with Crippen LogP contribution in [-0.2, 0) is 4.79 Å². The normalized spacial score (nSPS) is 11.4. The largest absolute Gasteiger partial charge is 0.497 e. The molecule has 0 aliphatic heterocycles. The number of nitrogens with one attached hydrogen (secondary N) is 1. The van der Waals surface area contributed by atoms with Crippen molar-refractivity contribution in [2.24, 2.45) is 0 Å². The molecule has 1 unspecified atom stereocenters. The summed E-state index contributed by atoms with van der Waals surface area (Å²) in [6, 6.07) is 12.1. The van der Waals surface area contributed by atoms with Gasteiger partial charge in [0.2, 0.25) is 0 Å². The summed E-state index contributed by atoms with van der Waals surface area (Å²) in [5.74, 6) is 1.14. The Morgan fingerprint density at radius 3 is 2.42 bits per heavy atom. The summed E-state index contributed by atoms with van der Waals surface area (Å²) in [4.78, 5) is 24.0. The summed E-state index contributed by atoms with van der Waals surface area (Å²) in [5.41, 5.74) is 1.24. The van der Waals surface area contributed by atoms with Crippen molar-refractivity contribution in [1.29, 1.82) is 0 Å². The van der Waals surface area contributed by atoms with Crippen LogP contribution < -0.4 is 19.5 Å². The van der Waals surface area contributed by atoms with Crippen molar-refractivity contribution in [3.63, 3.8) is 0 Å². The van der Waals surface area contributed by atoms with Crippen LogP contribution >= 0.6 is 0 Å². The van der Waals surface area contributed by atoms with Crippen molar-refractivity contribution in [3.05, 3.63) is 53.6 Å². The second-order valence-corrected chi connectivity index (χ2v) is 5.74. The van der Waals surface area contributed by atoms with Gasteiger partial charge >= 0.3 is 0 Å². The summed E-state index contributed by atoms with van der Waals surface area (Å²) in [5, 5.41) is 2.86. The zero-order valence-corrected chi connectivity index (χ0v) is 15.4. The molecule has 1 amide bonds. The van der Waals surface area contributed by atoms with Crippen LogP contribution in [0.2, 0.25) is 0 Å². The number of para-hydroxylation sites is 1. The van der Waals surface area contributed by atoms with Crippen LogP contribution in [0.1, 0.15) is 35.8 Å². The third-order valence-electron chi connectivity index (χ3n) is 3.91. The Bertz CT molecular complexity index is 788. The van der Waals surface area contributed by atoms with Gasteiger partial charge in [0.1, 0.15) is 17.2 Å². The minimum atomic E-state index is -0.297. The van der Waals surface area contributed by atoms with Gasteiger partial charge < -0.3 is 19.5 Å². The predicted molar refractivity (Wildman–Crippen MR) is 98.0 cm³/mol. The Morgan fingerprint density at radius 1 is 1.04 bits per heavy atom. The Balaban J connectivity index is 2.02. The minimum Gasteiger partial charge on any atom is -0.497 e. The van der Waals surface area contributed by atoms with Gasteiger partial charge in [-0.25, -0.2) is 0 Å². The van der Waals surface area contributed by atoms with E-state index in [0.29, 0.717) is 22.8 Å². The minimum absolute atomic E-state index is 0.165. The van der Waals surface area contributed by atoms with Gasteiger partial charge in [-0.15, -0.1) is 0 Å². The number of carbonyl (C=O) groups excluding carboxylic acids is 2. The molecule has 0 spiro atoms. The number of amides is 1. The summed E-state index contributed by atoms with van der Waals surface area (Å²) in [6.45, 7) is 3.10. The molecule has 6 nitrogen and oxygen atoms in total. The lowest BCUT2D eigenvalue weighted by Gasteiger charge is -2.18. The molecule has 1 atom stereocenters. The van der Waals surface area contributed by atoms with Gasteiger partial charge in [-0.3, -0.25) is 9.59 Å². The molecule has 0 aliphatic carbocycles. The van der Waals surface area contributed by atoms with Crippen molar-refractivity contribution < 1.29 is 23.8 Å². The number of ketones is 1. The lowest BCUT2D eigenvalue weighted by atomic mass is 10.1. The smallest absolute Gasteiger partial charge is 0.258 e. The Kier molecular flexibility index (Phi) is 6.60. The first-order chi connectivity index (χ1) is 12.5. The molecule has 2 aromatic carbocycles. The number of methoxy groups -OCH3 is 2. The molecule has 2 aromatic rings. The van der Waals surface area contributed by atoms with Crippen molar-refractivity contribution in [1.82, 2.24) is 5.32 Å². The number of rotatable bonds is 8. The van der Waals surface area contributed by atoms with Gasteiger partial charge in [0.05, 0.1) is 25.8 Å². The Hall–Kier alpha value is -3.02. The van der Waals surface area contributed by atoms with Crippen LogP contribution in [0.4, 0.5) is 0 Å². The van der Waals surface area contributed by atoms with Crippen LogP contribution in [0.25, 0.3) is 0 Å². The number of benzene rings is 2. The number of carbonyl (C=O) groups is 2. The molecular formula is C20H23NO5. The average Bonchev–Trinajstić information content (AvgIpc) is 2.65. The van der Waals surface area contributed by atoms with E-state index in [0.717, 1.165) is 5.56 Å². The van der Waals surface area contributed by atoms with E-state index in [1.165, 1.54) is 14.0 Å². The Labute approximate surface area is 153 Å². The standard InChI is InChI=1S/C20H23NO5/c1-13(16-7-5-6-8-18(16)25-4)21-20(23)12-26-19-10-9-15(24-3)11-17(19)14(2)22/h5-11,13H,12H2,1-4H3,(H,21,23). The maximum Gasteiger partial charge on any atom is 0.258 e. The topological polar surface area (TPSA) is 73.9 Å². The highest BCUT2D eigenvalue weighted by molar-refractivity contribution is 5.97. The van der Waals surface area contributed by atoms with E-state index < -0.39 is 0 Å². The number of Topliss-reactive ketones (excluding diaryl/α,β-unsaturated/α-hetero) is 1. The SMILES string of the molecule is COc1ccc(OCC(=O)NC(C)c2ccccc2OC)c(C(C)=O)c1. The molecule has 0 heterocycles. The third kappa shape index (κ3) is 4.75. The molecule has 0 fully saturated rings. The van der Waals surface area contributed by atoms with Crippen molar-refractivity contribution in [3.8, 4) is 17.2 Å². The second-order valence-electron chi connectivity index (χ2n) is 5.74. The first-order valence-corrected chi connectivity index (χ1v) is 8.20. The van der Waals surface area contributed by atoms with Crippen LogP contribution in [0.15, 0.2) is 42.5 Å². The molecular weight excluding hydrogens is 334 g/mol. The number of hydrogen-bond acceptors (Lipinski definition) is 5. The maximum atomic E-state index is 12.2. The van der Waals surface area contributed by atoms with Gasteiger partial charge in [0, 0.05) is 5.56 Å². The highest BCUT2D eigenvalue weighted by Gasteiger charge is 2.15. The zero-order chi connectivity index (χ0) is 19.1. The van der Waals surface area contributed by atoms with Crippen molar-refractivity contribution >= 4 is 11.7 Å². The van der Waals surface area contributed by atoms with E-state index in [4.69, 9.17) is 14.2 Å². The van der Waals surface area contributed by atoms with Crippen molar-refractivity contribution in [2.75, 3.05) is 20.8 Å². The number of hydrogen-bond donors (Lipinski definition) is 1. The fraction of sp³-hybridized carbons (Fsp3) is 0.300. The van der Waals surface area contributed by atoms with Crippen LogP contribution in [0, 0.1) is 0 Å². The summed E-state index contributed by atoms with van der Waals surface area (Å²) in [6.07, 6.45) is 0. The second kappa shape index (κ2) is 8.89. The molecule has 0 radical (unpaired) electrons. The quantitative estimate of drug-likeness (QED) is 0.735. The molecule has 6 heteroatoms. The zero-order valence-electron chi connectivity index (χ0n) is 15.4. The molecule has 2 rings (SSSR count). The number of ether oxygens (including phenoxy) is 3. The van der Waals surface area contributed by atoms with E-state index in [-0.39, 0.29) is 24.3 Å². The summed E-state index contributed by atoms with van der Waals surface area (Å²) < 4.78 is 16.0. The molecule has 0 bridgehead atoms. The third-order valence-corrected chi connectivity index (χ3v) is 3.91. The molecule has 26 heavy (non-hydrogen) atoms. The average molecular weight is 357 g/mol. The van der Waals surface area contributed by atoms with Gasteiger partial charge in [-0.1, -0.05) is 18.2 Å². The fourth-order valence-electron chi connectivity index (χ4n) is 2.57. The molecule has 1 N–H and O–H groups in total. The molecule has 0 aliphatic rings. The van der Waals surface area contributed by atoms with Gasteiger partial charge in [0.25, 0.3) is 5.91 Å². The molecule has 0 saturated heterocycles. The van der Waals surface area contributed by atoms with E-state index >= 15 is 0 Å². The Morgan fingerprint density at radius 2 is 1.77 bits per heavy atom. The fourth-order valence-corrected chi connectivity index (χ4v) is 2.57. The maximum absolute atomic E-state index is 12.2. The van der Waals surface area contributed by atoms with Gasteiger partial charge in [-0.05, 0) is 38.1 Å². The lowest BCUT2D eigenvalue weighted by molar-refractivity contribution is -0.123. The highest BCUT2D eigenvalue weighted by Crippen LogP contribution is 2.26. The van der Waals surface area contributed by atoms with Crippen molar-refractivity contribution in [2.45, 2.75) is 19.9 Å². The van der Waals surface area contributed by atoms with Gasteiger partial charge in [0.15, 0.2) is 12.4 Å².